The van der Waals surface area contributed by atoms with E-state index < -0.39 is 10.0 Å². The molecule has 0 atom stereocenters. The van der Waals surface area contributed by atoms with Gasteiger partial charge >= 0.3 is 0 Å². The Labute approximate surface area is 172 Å². The van der Waals surface area contributed by atoms with Gasteiger partial charge in [0, 0.05) is 5.69 Å². The highest BCUT2D eigenvalue weighted by Gasteiger charge is 2.31. The van der Waals surface area contributed by atoms with Gasteiger partial charge < -0.3 is 15.0 Å². The number of rotatable bonds is 7. The van der Waals surface area contributed by atoms with Crippen molar-refractivity contribution >= 4 is 21.6 Å². The highest BCUT2D eigenvalue weighted by molar-refractivity contribution is 7.89. The number of para-hydroxylation sites is 1. The lowest BCUT2D eigenvalue weighted by Gasteiger charge is -2.31. The molecule has 1 aliphatic rings. The van der Waals surface area contributed by atoms with Crippen LogP contribution in [-0.2, 0) is 14.8 Å². The Morgan fingerprint density at radius 1 is 1.10 bits per heavy atom. The average molecular weight is 419 g/mol. The number of quaternary nitrogens is 1. The van der Waals surface area contributed by atoms with E-state index in [4.69, 9.17) is 4.74 Å². The maximum absolute atomic E-state index is 12.9. The van der Waals surface area contributed by atoms with Crippen LogP contribution >= 0.6 is 0 Å². The lowest BCUT2D eigenvalue weighted by Crippen LogP contribution is -3.15. The van der Waals surface area contributed by atoms with Crippen LogP contribution in [0.1, 0.15) is 12.5 Å². The number of aryl methyl sites for hydroxylation is 1. The third-order valence-electron chi connectivity index (χ3n) is 5.03. The first-order valence-electron chi connectivity index (χ1n) is 9.82. The molecular weight excluding hydrogens is 390 g/mol. The topological polar surface area (TPSA) is 80.2 Å². The minimum atomic E-state index is -3.54. The number of hydrogen-bond acceptors (Lipinski definition) is 4. The van der Waals surface area contributed by atoms with Crippen molar-refractivity contribution in [2.45, 2.75) is 18.7 Å². The van der Waals surface area contributed by atoms with Gasteiger partial charge in [0.25, 0.3) is 5.91 Å². The molecule has 1 saturated heterocycles. The summed E-state index contributed by atoms with van der Waals surface area (Å²) in [7, 11) is -3.54. The predicted molar refractivity (Wildman–Crippen MR) is 112 cm³/mol. The molecule has 0 aromatic heterocycles. The number of benzene rings is 2. The van der Waals surface area contributed by atoms with E-state index in [-0.39, 0.29) is 10.8 Å². The van der Waals surface area contributed by atoms with Crippen molar-refractivity contribution in [2.24, 2.45) is 0 Å². The fourth-order valence-corrected chi connectivity index (χ4v) is 4.82. The smallest absolute Gasteiger partial charge is 0.279 e. The molecule has 1 aliphatic heterocycles. The predicted octanol–water partition coefficient (Wildman–Crippen LogP) is 0.922. The molecule has 29 heavy (non-hydrogen) atoms. The molecule has 0 aliphatic carbocycles. The van der Waals surface area contributed by atoms with Crippen LogP contribution in [-0.4, -0.2) is 58.0 Å². The van der Waals surface area contributed by atoms with Crippen LogP contribution in [0.25, 0.3) is 0 Å². The summed E-state index contributed by atoms with van der Waals surface area (Å²) >= 11 is 0. The molecule has 1 fully saturated rings. The standard InChI is InChI=1S/C21H27N3O4S/c1-3-28-18-8-10-19(11-9-18)29(26,27)24-14-12-23(13-15-24)16-21(25)22-20-7-5-4-6-17(20)2/h4-11H,3,12-16H2,1-2H3,(H,22,25)/p+1. The molecule has 7 nitrogen and oxygen atoms in total. The van der Waals surface area contributed by atoms with Crippen LogP contribution in [0, 0.1) is 6.92 Å². The van der Waals surface area contributed by atoms with Crippen LogP contribution < -0.4 is 15.0 Å². The van der Waals surface area contributed by atoms with E-state index in [2.05, 4.69) is 5.32 Å². The molecule has 156 valence electrons. The molecule has 2 aromatic rings. The summed E-state index contributed by atoms with van der Waals surface area (Å²) in [5.74, 6) is 0.595. The van der Waals surface area contributed by atoms with Gasteiger partial charge in [-0.2, -0.15) is 4.31 Å². The van der Waals surface area contributed by atoms with Crippen molar-refractivity contribution in [3.05, 3.63) is 54.1 Å². The van der Waals surface area contributed by atoms with E-state index in [0.717, 1.165) is 16.2 Å². The molecule has 0 radical (unpaired) electrons. The van der Waals surface area contributed by atoms with Crippen LogP contribution in [0.15, 0.2) is 53.4 Å². The average Bonchev–Trinajstić information content (AvgIpc) is 2.71. The fraction of sp³-hybridized carbons (Fsp3) is 0.381. The maximum Gasteiger partial charge on any atom is 0.279 e. The summed E-state index contributed by atoms with van der Waals surface area (Å²) in [4.78, 5) is 13.7. The van der Waals surface area contributed by atoms with E-state index in [0.29, 0.717) is 45.1 Å². The zero-order valence-electron chi connectivity index (χ0n) is 16.8. The number of amides is 1. The number of ether oxygens (including phenoxy) is 1. The number of nitrogens with zero attached hydrogens (tertiary/aromatic N) is 1. The molecule has 2 N–H and O–H groups in total. The SMILES string of the molecule is CCOc1ccc(S(=O)(=O)N2CC[NH+](CC(=O)Nc3ccccc3C)CC2)cc1. The van der Waals surface area contributed by atoms with Crippen LogP contribution in [0.3, 0.4) is 0 Å². The molecule has 0 unspecified atom stereocenters. The van der Waals surface area contributed by atoms with Crippen molar-refractivity contribution in [3.63, 3.8) is 0 Å². The highest BCUT2D eigenvalue weighted by atomic mass is 32.2. The van der Waals surface area contributed by atoms with E-state index in [1.807, 2.05) is 38.1 Å². The normalized spacial score (nSPS) is 15.8. The van der Waals surface area contributed by atoms with Gasteiger partial charge in [0.15, 0.2) is 6.54 Å². The second-order valence-electron chi connectivity index (χ2n) is 7.10. The summed E-state index contributed by atoms with van der Waals surface area (Å²) in [5.41, 5.74) is 1.83. The van der Waals surface area contributed by atoms with Crippen LogP contribution in [0.5, 0.6) is 5.75 Å². The third kappa shape index (κ3) is 5.35. The number of sulfonamides is 1. The number of nitrogens with one attached hydrogen (secondary N) is 2. The molecule has 0 bridgehead atoms. The second kappa shape index (κ2) is 9.39. The Kier molecular flexibility index (Phi) is 6.89. The van der Waals surface area contributed by atoms with Gasteiger partial charge in [0.05, 0.1) is 37.7 Å². The first kappa shape index (κ1) is 21.3. The van der Waals surface area contributed by atoms with E-state index in [1.54, 1.807) is 24.3 Å². The van der Waals surface area contributed by atoms with Gasteiger partial charge in [-0.25, -0.2) is 8.42 Å². The zero-order chi connectivity index (χ0) is 20.9. The molecule has 0 spiro atoms. The molecule has 1 heterocycles. The molecule has 3 rings (SSSR count). The van der Waals surface area contributed by atoms with Crippen molar-refractivity contribution in [1.82, 2.24) is 4.31 Å². The number of carbonyl (C=O) groups is 1. The summed E-state index contributed by atoms with van der Waals surface area (Å²) in [5, 5.41) is 2.94. The number of carbonyl (C=O) groups excluding carboxylic acids is 1. The van der Waals surface area contributed by atoms with Gasteiger partial charge in [-0.3, -0.25) is 4.79 Å². The van der Waals surface area contributed by atoms with Crippen LogP contribution in [0.2, 0.25) is 0 Å². The lowest BCUT2D eigenvalue weighted by atomic mass is 10.2. The molecule has 1 amide bonds. The lowest BCUT2D eigenvalue weighted by molar-refractivity contribution is -0.895. The van der Waals surface area contributed by atoms with E-state index in [1.165, 1.54) is 4.31 Å². The monoisotopic (exact) mass is 418 g/mol. The highest BCUT2D eigenvalue weighted by Crippen LogP contribution is 2.19. The number of hydrogen-bond donors (Lipinski definition) is 2. The summed E-state index contributed by atoms with van der Waals surface area (Å²) in [6.07, 6.45) is 0. The van der Waals surface area contributed by atoms with E-state index >= 15 is 0 Å². The molecule has 0 saturated carbocycles. The summed E-state index contributed by atoms with van der Waals surface area (Å²) < 4.78 is 32.6. The minimum absolute atomic E-state index is 0.0582. The van der Waals surface area contributed by atoms with Gasteiger partial charge in [-0.1, -0.05) is 18.2 Å². The Hall–Kier alpha value is -2.42. The zero-order valence-corrected chi connectivity index (χ0v) is 17.7. The van der Waals surface area contributed by atoms with Crippen molar-refractivity contribution < 1.29 is 22.8 Å². The molecule has 2 aromatic carbocycles. The largest absolute Gasteiger partial charge is 0.494 e. The number of anilines is 1. The maximum atomic E-state index is 12.9. The third-order valence-corrected chi connectivity index (χ3v) is 6.94. The van der Waals surface area contributed by atoms with Gasteiger partial charge in [-0.05, 0) is 49.7 Å². The Morgan fingerprint density at radius 2 is 1.76 bits per heavy atom. The Morgan fingerprint density at radius 3 is 2.38 bits per heavy atom. The van der Waals surface area contributed by atoms with Gasteiger partial charge in [-0.15, -0.1) is 0 Å². The van der Waals surface area contributed by atoms with Gasteiger partial charge in [0.2, 0.25) is 10.0 Å². The molecular formula is C21H28N3O4S+. The van der Waals surface area contributed by atoms with Crippen LogP contribution in [0.4, 0.5) is 5.69 Å². The Balaban J connectivity index is 1.54. The quantitative estimate of drug-likeness (QED) is 0.701. The van der Waals surface area contributed by atoms with Crippen molar-refractivity contribution in [2.75, 3.05) is 44.6 Å². The molecule has 8 heteroatoms. The first-order valence-corrected chi connectivity index (χ1v) is 11.3. The summed E-state index contributed by atoms with van der Waals surface area (Å²) in [6.45, 7) is 6.67. The van der Waals surface area contributed by atoms with Crippen molar-refractivity contribution in [1.29, 1.82) is 0 Å². The van der Waals surface area contributed by atoms with Crippen molar-refractivity contribution in [3.8, 4) is 5.75 Å². The van der Waals surface area contributed by atoms with Gasteiger partial charge in [0.1, 0.15) is 5.75 Å². The minimum Gasteiger partial charge on any atom is -0.494 e. The summed E-state index contributed by atoms with van der Waals surface area (Å²) in [6, 6.07) is 14.2. The first-order chi connectivity index (χ1) is 13.9. The Bertz CT molecular complexity index is 937. The fourth-order valence-electron chi connectivity index (χ4n) is 3.38. The number of piperazine rings is 1. The van der Waals surface area contributed by atoms with E-state index in [9.17, 15) is 13.2 Å². The second-order valence-corrected chi connectivity index (χ2v) is 9.04.